The average molecular weight is 489 g/mol. The number of nitrogens with zero attached hydrogens (tertiary/aromatic N) is 3. The number of carbonyl (C=O) groups excluding carboxylic acids is 1. The summed E-state index contributed by atoms with van der Waals surface area (Å²) in [4.78, 5) is 22.0. The van der Waals surface area contributed by atoms with Crippen LogP contribution < -0.4 is 10.1 Å². The van der Waals surface area contributed by atoms with Gasteiger partial charge in [-0.05, 0) is 38.1 Å². The van der Waals surface area contributed by atoms with E-state index in [0.29, 0.717) is 16.4 Å². The summed E-state index contributed by atoms with van der Waals surface area (Å²) in [5.74, 6) is -1.83. The van der Waals surface area contributed by atoms with Crippen molar-refractivity contribution in [3.63, 3.8) is 0 Å². The summed E-state index contributed by atoms with van der Waals surface area (Å²) in [5, 5.41) is 24.9. The van der Waals surface area contributed by atoms with E-state index in [1.165, 1.54) is 21.8 Å². The molecule has 3 aromatic heterocycles. The molecule has 178 valence electrons. The summed E-state index contributed by atoms with van der Waals surface area (Å²) < 4.78 is 35.1. The van der Waals surface area contributed by atoms with Crippen LogP contribution in [0.3, 0.4) is 0 Å². The molecule has 34 heavy (non-hydrogen) atoms. The highest BCUT2D eigenvalue weighted by molar-refractivity contribution is 7.09. The Morgan fingerprint density at radius 2 is 1.85 bits per heavy atom. The van der Waals surface area contributed by atoms with Crippen LogP contribution in [0.1, 0.15) is 32.4 Å². The van der Waals surface area contributed by atoms with Gasteiger partial charge in [0.15, 0.2) is 11.4 Å². The number of benzene rings is 1. The fraction of sp³-hybridized carbons (Fsp3) is 0.261. The first-order valence-corrected chi connectivity index (χ1v) is 11.2. The topological polar surface area (TPSA) is 109 Å². The molecular weight excluding hydrogens is 466 g/mol. The molecule has 0 aliphatic carbocycles. The smallest absolute Gasteiger partial charge is 0.271 e. The fourth-order valence-corrected chi connectivity index (χ4v) is 4.47. The van der Waals surface area contributed by atoms with Crippen LogP contribution >= 0.6 is 11.3 Å². The molecule has 0 aliphatic rings. The van der Waals surface area contributed by atoms with Crippen molar-refractivity contribution >= 4 is 22.9 Å². The van der Waals surface area contributed by atoms with Crippen LogP contribution in [0.25, 0.3) is 5.65 Å². The highest BCUT2D eigenvalue weighted by Gasteiger charge is 2.37. The molecular formula is C23H22F2N4O4S. The molecule has 0 radical (unpaired) electrons. The molecule has 0 fully saturated rings. The number of amides is 1. The Morgan fingerprint density at radius 1 is 1.15 bits per heavy atom. The van der Waals surface area contributed by atoms with Gasteiger partial charge in [0.1, 0.15) is 34.5 Å². The van der Waals surface area contributed by atoms with Gasteiger partial charge in [-0.15, -0.1) is 11.3 Å². The molecule has 0 atom stereocenters. The molecule has 11 heteroatoms. The Labute approximate surface area is 197 Å². The number of rotatable bonds is 8. The Kier molecular flexibility index (Phi) is 6.60. The molecule has 0 aliphatic heterocycles. The van der Waals surface area contributed by atoms with Crippen LogP contribution in [0.4, 0.5) is 8.78 Å². The van der Waals surface area contributed by atoms with E-state index < -0.39 is 36.3 Å². The number of aryl methyl sites for hydroxylation is 2. The molecule has 0 saturated heterocycles. The Morgan fingerprint density at radius 3 is 2.47 bits per heavy atom. The van der Waals surface area contributed by atoms with Gasteiger partial charge >= 0.3 is 0 Å². The lowest BCUT2D eigenvalue weighted by Gasteiger charge is -2.28. The summed E-state index contributed by atoms with van der Waals surface area (Å²) in [5.41, 5.74) is -0.239. The number of carbonyl (C=O) groups is 1. The molecule has 8 nitrogen and oxygen atoms in total. The molecule has 0 spiro atoms. The molecule has 0 bridgehead atoms. The molecule has 0 unspecified atom stereocenters. The monoisotopic (exact) mass is 488 g/mol. The summed E-state index contributed by atoms with van der Waals surface area (Å²) in [6.07, 6.45) is 1.59. The van der Waals surface area contributed by atoms with E-state index in [4.69, 9.17) is 4.74 Å². The second-order valence-electron chi connectivity index (χ2n) is 7.75. The maximum Gasteiger partial charge on any atom is 0.271 e. The van der Waals surface area contributed by atoms with Crippen molar-refractivity contribution in [2.24, 2.45) is 0 Å². The predicted molar refractivity (Wildman–Crippen MR) is 121 cm³/mol. The third-order valence-corrected chi connectivity index (χ3v) is 6.52. The standard InChI is InChI=1S/C23H22F2N4O4S/c1-13-10-34-22(26-13)23(11-30,12-31)28-21(32)19-14(2)27-20-18(7-4-8-29(19)20)33-9-15-16(24)5-3-6-17(15)25/h3-8,10,30-31H,9,11-12H2,1-2H3,(H,28,32). The largest absolute Gasteiger partial charge is 0.485 e. The van der Waals surface area contributed by atoms with Crippen molar-refractivity contribution in [3.8, 4) is 5.75 Å². The Bertz CT molecular complexity index is 1330. The number of aromatic nitrogens is 3. The first kappa shape index (κ1) is 23.7. The number of hydrogen-bond donors (Lipinski definition) is 3. The van der Waals surface area contributed by atoms with Gasteiger partial charge < -0.3 is 20.3 Å². The number of imidazole rings is 1. The average Bonchev–Trinajstić information content (AvgIpc) is 3.40. The van der Waals surface area contributed by atoms with Crippen molar-refractivity contribution in [1.82, 2.24) is 19.7 Å². The summed E-state index contributed by atoms with van der Waals surface area (Å²) >= 11 is 1.21. The predicted octanol–water partition coefficient (Wildman–Crippen LogP) is 2.87. The number of aliphatic hydroxyl groups is 2. The summed E-state index contributed by atoms with van der Waals surface area (Å²) in [6, 6.07) is 6.73. The number of halogens is 2. The summed E-state index contributed by atoms with van der Waals surface area (Å²) in [6.45, 7) is 1.88. The van der Waals surface area contributed by atoms with Crippen molar-refractivity contribution in [1.29, 1.82) is 0 Å². The number of thiazole rings is 1. The third kappa shape index (κ3) is 4.25. The minimum atomic E-state index is -1.48. The van der Waals surface area contributed by atoms with Crippen LogP contribution in [0, 0.1) is 25.5 Å². The van der Waals surface area contributed by atoms with Gasteiger partial charge in [-0.2, -0.15) is 0 Å². The molecule has 3 N–H and O–H groups in total. The van der Waals surface area contributed by atoms with E-state index in [1.807, 2.05) is 0 Å². The van der Waals surface area contributed by atoms with E-state index in [1.54, 1.807) is 37.6 Å². The quantitative estimate of drug-likeness (QED) is 0.352. The zero-order valence-electron chi connectivity index (χ0n) is 18.4. The number of ether oxygens (including phenoxy) is 1. The Balaban J connectivity index is 1.66. The van der Waals surface area contributed by atoms with Gasteiger partial charge in [-0.1, -0.05) is 6.07 Å². The number of nitrogens with one attached hydrogen (secondary N) is 1. The van der Waals surface area contributed by atoms with E-state index in [9.17, 15) is 23.8 Å². The second-order valence-corrected chi connectivity index (χ2v) is 8.61. The molecule has 1 aromatic carbocycles. The van der Waals surface area contributed by atoms with E-state index in [2.05, 4.69) is 15.3 Å². The van der Waals surface area contributed by atoms with Crippen molar-refractivity contribution < 1.29 is 28.5 Å². The lowest BCUT2D eigenvalue weighted by atomic mass is 10.0. The van der Waals surface area contributed by atoms with Crippen LogP contribution in [0.15, 0.2) is 41.9 Å². The third-order valence-electron chi connectivity index (χ3n) is 5.36. The van der Waals surface area contributed by atoms with Gasteiger partial charge in [-0.25, -0.2) is 18.7 Å². The van der Waals surface area contributed by atoms with Crippen molar-refractivity contribution in [2.45, 2.75) is 26.0 Å². The Hall–Kier alpha value is -3.41. The normalized spacial score (nSPS) is 11.7. The molecule has 4 rings (SSSR count). The highest BCUT2D eigenvalue weighted by Crippen LogP contribution is 2.27. The second kappa shape index (κ2) is 9.45. The zero-order chi connectivity index (χ0) is 24.5. The first-order valence-electron chi connectivity index (χ1n) is 10.3. The number of pyridine rings is 1. The lowest BCUT2D eigenvalue weighted by Crippen LogP contribution is -2.51. The van der Waals surface area contributed by atoms with Gasteiger partial charge in [0.25, 0.3) is 5.91 Å². The van der Waals surface area contributed by atoms with Crippen LogP contribution in [0.5, 0.6) is 5.75 Å². The highest BCUT2D eigenvalue weighted by atomic mass is 32.1. The molecule has 4 aromatic rings. The van der Waals surface area contributed by atoms with Gasteiger partial charge in [0, 0.05) is 17.3 Å². The van der Waals surface area contributed by atoms with E-state index in [-0.39, 0.29) is 29.3 Å². The van der Waals surface area contributed by atoms with Gasteiger partial charge in [0.2, 0.25) is 0 Å². The van der Waals surface area contributed by atoms with Gasteiger partial charge in [-0.3, -0.25) is 9.20 Å². The number of fused-ring (bicyclic) bond motifs is 1. The van der Waals surface area contributed by atoms with E-state index >= 15 is 0 Å². The minimum Gasteiger partial charge on any atom is -0.485 e. The minimum absolute atomic E-state index is 0.150. The van der Waals surface area contributed by atoms with E-state index in [0.717, 1.165) is 12.1 Å². The first-order chi connectivity index (χ1) is 16.3. The van der Waals surface area contributed by atoms with Crippen LogP contribution in [-0.4, -0.2) is 43.7 Å². The molecule has 3 heterocycles. The maximum absolute atomic E-state index is 14.0. The number of aliphatic hydroxyl groups excluding tert-OH is 2. The lowest BCUT2D eigenvalue weighted by molar-refractivity contribution is 0.0651. The number of hydrogen-bond acceptors (Lipinski definition) is 7. The van der Waals surface area contributed by atoms with Gasteiger partial charge in [0.05, 0.1) is 24.5 Å². The van der Waals surface area contributed by atoms with Crippen molar-refractivity contribution in [3.05, 3.63) is 81.2 Å². The van der Waals surface area contributed by atoms with Crippen LogP contribution in [0.2, 0.25) is 0 Å². The molecule has 1 amide bonds. The zero-order valence-corrected chi connectivity index (χ0v) is 19.2. The maximum atomic E-state index is 14.0. The fourth-order valence-electron chi connectivity index (χ4n) is 3.53. The SMILES string of the molecule is Cc1csc(C(CO)(CO)NC(=O)c2c(C)nc3c(OCc4c(F)cccc4F)cccn23)n1. The molecule has 0 saturated carbocycles. The van der Waals surface area contributed by atoms with Crippen LogP contribution in [-0.2, 0) is 12.1 Å². The summed E-state index contributed by atoms with van der Waals surface area (Å²) in [7, 11) is 0. The van der Waals surface area contributed by atoms with Crippen molar-refractivity contribution in [2.75, 3.05) is 13.2 Å².